The Morgan fingerprint density at radius 2 is 1.96 bits per heavy atom. The van der Waals surface area contributed by atoms with E-state index in [9.17, 15) is 10.4 Å². The molecule has 0 amide bonds. The molecule has 0 aliphatic carbocycles. The van der Waals surface area contributed by atoms with Gasteiger partial charge in [0, 0.05) is 0 Å². The van der Waals surface area contributed by atoms with Crippen molar-refractivity contribution >= 4 is 60.7 Å². The SMILES string of the molecule is N#C/C(=C\c1cc(Br)c(O)c(Br)c1)Sc1nc2ccccc2[nH]1. The maximum Gasteiger partial charge on any atom is 0.171 e. The number of imidazole rings is 1. The number of nitriles is 1. The number of halogens is 2. The van der Waals surface area contributed by atoms with E-state index in [4.69, 9.17) is 0 Å². The Morgan fingerprint density at radius 1 is 1.26 bits per heavy atom. The number of phenolic OH excluding ortho intramolecular Hbond substituents is 1. The molecule has 0 saturated carbocycles. The number of H-pyrrole nitrogens is 1. The number of aromatic hydroxyl groups is 1. The highest BCUT2D eigenvalue weighted by atomic mass is 79.9. The van der Waals surface area contributed by atoms with E-state index in [2.05, 4.69) is 47.9 Å². The second kappa shape index (κ2) is 6.79. The van der Waals surface area contributed by atoms with E-state index < -0.39 is 0 Å². The minimum atomic E-state index is 0.130. The van der Waals surface area contributed by atoms with E-state index in [1.165, 1.54) is 11.8 Å². The van der Waals surface area contributed by atoms with Crippen LogP contribution in [-0.4, -0.2) is 15.1 Å². The number of rotatable bonds is 3. The largest absolute Gasteiger partial charge is 0.506 e. The van der Waals surface area contributed by atoms with E-state index in [0.29, 0.717) is 19.0 Å². The molecule has 0 aliphatic rings. The second-order valence-electron chi connectivity index (χ2n) is 4.61. The molecule has 114 valence electrons. The highest BCUT2D eigenvalue weighted by Gasteiger charge is 2.09. The van der Waals surface area contributed by atoms with Crippen molar-refractivity contribution in [1.29, 1.82) is 5.26 Å². The third-order valence-electron chi connectivity index (χ3n) is 3.02. The molecule has 0 fully saturated rings. The number of thioether (sulfide) groups is 1. The molecule has 0 radical (unpaired) electrons. The Bertz CT molecular complexity index is 903. The maximum absolute atomic E-state index is 9.74. The van der Waals surface area contributed by atoms with Crippen LogP contribution >= 0.6 is 43.6 Å². The summed E-state index contributed by atoms with van der Waals surface area (Å²) < 4.78 is 1.12. The highest BCUT2D eigenvalue weighted by Crippen LogP contribution is 2.35. The molecule has 1 aromatic heterocycles. The molecule has 1 heterocycles. The lowest BCUT2D eigenvalue weighted by molar-refractivity contribution is 0.468. The van der Waals surface area contributed by atoms with E-state index in [-0.39, 0.29) is 5.75 Å². The van der Waals surface area contributed by atoms with Crippen molar-refractivity contribution in [3.8, 4) is 11.8 Å². The Morgan fingerprint density at radius 3 is 2.61 bits per heavy atom. The molecule has 0 bridgehead atoms. The van der Waals surface area contributed by atoms with E-state index in [1.807, 2.05) is 24.3 Å². The first kappa shape index (κ1) is 16.1. The first-order valence-corrected chi connectivity index (χ1v) is 8.89. The van der Waals surface area contributed by atoms with Gasteiger partial charge in [0.2, 0.25) is 0 Å². The van der Waals surface area contributed by atoms with Crippen molar-refractivity contribution in [1.82, 2.24) is 9.97 Å². The molecule has 2 aromatic carbocycles. The van der Waals surface area contributed by atoms with Crippen LogP contribution in [0.5, 0.6) is 5.75 Å². The predicted molar refractivity (Wildman–Crippen MR) is 99.0 cm³/mol. The normalized spacial score (nSPS) is 11.6. The van der Waals surface area contributed by atoms with Crippen molar-refractivity contribution in [3.05, 3.63) is 55.8 Å². The zero-order chi connectivity index (χ0) is 16.4. The van der Waals surface area contributed by atoms with Crippen LogP contribution in [0.25, 0.3) is 17.1 Å². The summed E-state index contributed by atoms with van der Waals surface area (Å²) in [6, 6.07) is 13.4. The number of benzene rings is 2. The van der Waals surface area contributed by atoms with Crippen LogP contribution in [0, 0.1) is 11.3 Å². The first-order valence-electron chi connectivity index (χ1n) is 6.49. The van der Waals surface area contributed by atoms with Crippen molar-refractivity contribution in [3.63, 3.8) is 0 Å². The molecular weight excluding hydrogens is 442 g/mol. The number of nitrogens with one attached hydrogen (secondary N) is 1. The van der Waals surface area contributed by atoms with Crippen molar-refractivity contribution in [2.75, 3.05) is 0 Å². The summed E-state index contributed by atoms with van der Waals surface area (Å²) >= 11 is 7.83. The van der Waals surface area contributed by atoms with Gasteiger partial charge in [-0.15, -0.1) is 0 Å². The smallest absolute Gasteiger partial charge is 0.171 e. The fraction of sp³-hybridized carbons (Fsp3) is 0. The van der Waals surface area contributed by atoms with Gasteiger partial charge >= 0.3 is 0 Å². The molecule has 7 heteroatoms. The summed E-state index contributed by atoms with van der Waals surface area (Å²) in [5.74, 6) is 0.130. The highest BCUT2D eigenvalue weighted by molar-refractivity contribution is 9.11. The molecule has 0 aliphatic heterocycles. The van der Waals surface area contributed by atoms with Crippen LogP contribution in [0.4, 0.5) is 0 Å². The summed E-state index contributed by atoms with van der Waals surface area (Å²) in [7, 11) is 0. The lowest BCUT2D eigenvalue weighted by Gasteiger charge is -2.03. The average Bonchev–Trinajstić information content (AvgIpc) is 2.94. The molecular formula is C16H9Br2N3OS. The van der Waals surface area contributed by atoms with Crippen molar-refractivity contribution < 1.29 is 5.11 Å². The van der Waals surface area contributed by atoms with E-state index >= 15 is 0 Å². The summed E-state index contributed by atoms with van der Waals surface area (Å²) in [5, 5.41) is 19.8. The third kappa shape index (κ3) is 3.61. The first-order chi connectivity index (χ1) is 11.1. The molecule has 0 unspecified atom stereocenters. The minimum Gasteiger partial charge on any atom is -0.506 e. The Balaban J connectivity index is 1.92. The van der Waals surface area contributed by atoms with Crippen LogP contribution < -0.4 is 0 Å². The fourth-order valence-electron chi connectivity index (χ4n) is 1.99. The fourth-order valence-corrected chi connectivity index (χ4v) is 3.96. The lowest BCUT2D eigenvalue weighted by Crippen LogP contribution is -1.81. The van der Waals surface area contributed by atoms with Gasteiger partial charge in [-0.3, -0.25) is 0 Å². The Labute approximate surface area is 153 Å². The third-order valence-corrected chi connectivity index (χ3v) is 5.05. The predicted octanol–water partition coefficient (Wildman–Crippen LogP) is 5.45. The number of aromatic amines is 1. The number of hydrogen-bond donors (Lipinski definition) is 2. The quantitative estimate of drug-likeness (QED) is 0.411. The van der Waals surface area contributed by atoms with E-state index in [0.717, 1.165) is 16.6 Å². The standard InChI is InChI=1S/C16H9Br2N3OS/c17-11-6-9(7-12(18)15(11)22)5-10(8-19)23-16-20-13-3-1-2-4-14(13)21-16/h1-7,22H,(H,20,21)/b10-5+. The number of para-hydroxylation sites is 2. The lowest BCUT2D eigenvalue weighted by atomic mass is 10.2. The van der Waals surface area contributed by atoms with Crippen LogP contribution in [0.3, 0.4) is 0 Å². The molecule has 23 heavy (non-hydrogen) atoms. The molecule has 0 atom stereocenters. The van der Waals surface area contributed by atoms with Gasteiger partial charge in [-0.05, 0) is 79.5 Å². The van der Waals surface area contributed by atoms with Gasteiger partial charge in [0.1, 0.15) is 11.8 Å². The number of nitrogens with zero attached hydrogens (tertiary/aromatic N) is 2. The molecule has 0 spiro atoms. The number of fused-ring (bicyclic) bond motifs is 1. The summed E-state index contributed by atoms with van der Waals surface area (Å²) in [4.78, 5) is 8.12. The topological polar surface area (TPSA) is 72.7 Å². The van der Waals surface area contributed by atoms with Gasteiger partial charge in [0.05, 0.1) is 24.9 Å². The van der Waals surface area contributed by atoms with Gasteiger partial charge < -0.3 is 10.1 Å². The summed E-state index contributed by atoms with van der Waals surface area (Å²) in [6.07, 6.45) is 1.74. The summed E-state index contributed by atoms with van der Waals surface area (Å²) in [6.45, 7) is 0. The van der Waals surface area contributed by atoms with Gasteiger partial charge in [0.25, 0.3) is 0 Å². The number of hydrogen-bond acceptors (Lipinski definition) is 4. The van der Waals surface area contributed by atoms with E-state index in [1.54, 1.807) is 18.2 Å². The molecule has 3 rings (SSSR count). The monoisotopic (exact) mass is 449 g/mol. The Kier molecular flexibility index (Phi) is 4.76. The zero-order valence-electron chi connectivity index (χ0n) is 11.5. The maximum atomic E-state index is 9.74. The summed E-state index contributed by atoms with van der Waals surface area (Å²) in [5.41, 5.74) is 2.59. The van der Waals surface area contributed by atoms with Crippen LogP contribution in [0.2, 0.25) is 0 Å². The number of phenols is 1. The van der Waals surface area contributed by atoms with Crippen LogP contribution in [-0.2, 0) is 0 Å². The number of allylic oxidation sites excluding steroid dienone is 1. The van der Waals surface area contributed by atoms with Gasteiger partial charge in [-0.1, -0.05) is 12.1 Å². The van der Waals surface area contributed by atoms with Crippen molar-refractivity contribution in [2.24, 2.45) is 0 Å². The van der Waals surface area contributed by atoms with Crippen LogP contribution in [0.1, 0.15) is 5.56 Å². The Hall–Kier alpha value is -1.75. The van der Waals surface area contributed by atoms with Gasteiger partial charge in [0.15, 0.2) is 5.16 Å². The van der Waals surface area contributed by atoms with Crippen LogP contribution in [0.15, 0.2) is 55.4 Å². The second-order valence-corrected chi connectivity index (χ2v) is 7.35. The zero-order valence-corrected chi connectivity index (χ0v) is 15.5. The molecule has 2 N–H and O–H groups in total. The number of aromatic nitrogens is 2. The van der Waals surface area contributed by atoms with Gasteiger partial charge in [-0.25, -0.2) is 4.98 Å². The molecule has 4 nitrogen and oxygen atoms in total. The van der Waals surface area contributed by atoms with Crippen molar-refractivity contribution in [2.45, 2.75) is 5.16 Å². The molecule has 3 aromatic rings. The minimum absolute atomic E-state index is 0.130. The average molecular weight is 451 g/mol. The molecule has 0 saturated heterocycles. The van der Waals surface area contributed by atoms with Gasteiger partial charge in [-0.2, -0.15) is 5.26 Å².